The van der Waals surface area contributed by atoms with Crippen molar-refractivity contribution in [1.82, 2.24) is 5.32 Å². The van der Waals surface area contributed by atoms with Gasteiger partial charge in [-0.2, -0.15) is 13.2 Å². The van der Waals surface area contributed by atoms with Gasteiger partial charge in [0.25, 0.3) is 0 Å². The molecule has 21 heavy (non-hydrogen) atoms. The quantitative estimate of drug-likeness (QED) is 0.836. The molecule has 1 saturated carbocycles. The maximum absolute atomic E-state index is 12.6. The number of ether oxygens (including phenoxy) is 1. The van der Waals surface area contributed by atoms with Gasteiger partial charge in [-0.25, -0.2) is 0 Å². The van der Waals surface area contributed by atoms with Crippen LogP contribution >= 0.6 is 15.9 Å². The molecule has 0 bridgehead atoms. The Morgan fingerprint density at radius 3 is 2.43 bits per heavy atom. The Balaban J connectivity index is 1.81. The minimum absolute atomic E-state index is 0.171. The maximum Gasteiger partial charge on any atom is 0.391 e. The molecule has 0 amide bonds. The van der Waals surface area contributed by atoms with Crippen LogP contribution in [0.1, 0.15) is 31.2 Å². The Morgan fingerprint density at radius 2 is 1.90 bits per heavy atom. The molecule has 2 nitrogen and oxygen atoms in total. The molecule has 2 rings (SSSR count). The summed E-state index contributed by atoms with van der Waals surface area (Å²) in [5.74, 6) is -0.352. The van der Waals surface area contributed by atoms with Crippen LogP contribution in [-0.4, -0.2) is 19.3 Å². The Kier molecular flexibility index (Phi) is 5.54. The van der Waals surface area contributed by atoms with Crippen molar-refractivity contribution in [3.8, 4) is 5.75 Å². The topological polar surface area (TPSA) is 21.3 Å². The van der Waals surface area contributed by atoms with Crippen molar-refractivity contribution >= 4 is 15.9 Å². The number of hydrogen-bond acceptors (Lipinski definition) is 2. The zero-order chi connectivity index (χ0) is 15.5. The molecule has 0 saturated heterocycles. The van der Waals surface area contributed by atoms with E-state index in [4.69, 9.17) is 4.74 Å². The first-order valence-electron chi connectivity index (χ1n) is 7.02. The number of methoxy groups -OCH3 is 1. The van der Waals surface area contributed by atoms with Crippen molar-refractivity contribution in [2.45, 2.75) is 44.4 Å². The fraction of sp³-hybridized carbons (Fsp3) is 0.600. The van der Waals surface area contributed by atoms with Crippen LogP contribution in [0, 0.1) is 5.92 Å². The highest BCUT2D eigenvalue weighted by Gasteiger charge is 2.41. The second-order valence-electron chi connectivity index (χ2n) is 5.44. The summed E-state index contributed by atoms with van der Waals surface area (Å²) in [6, 6.07) is 5.97. The van der Waals surface area contributed by atoms with Gasteiger partial charge in [0.05, 0.1) is 17.5 Å². The number of rotatable bonds is 4. The smallest absolute Gasteiger partial charge is 0.391 e. The molecule has 6 heteroatoms. The summed E-state index contributed by atoms with van der Waals surface area (Å²) in [6.45, 7) is 0.657. The Hall–Kier alpha value is -0.750. The van der Waals surface area contributed by atoms with Gasteiger partial charge in [-0.1, -0.05) is 6.07 Å². The van der Waals surface area contributed by atoms with Gasteiger partial charge in [0.1, 0.15) is 5.75 Å². The van der Waals surface area contributed by atoms with Crippen LogP contribution in [0.5, 0.6) is 5.75 Å². The number of alkyl halides is 3. The summed E-state index contributed by atoms with van der Waals surface area (Å²) in [4.78, 5) is 0. The standard InChI is InChI=1S/C15H19BrF3NO/c1-21-14-7-2-10(8-13(14)16)9-20-12-5-3-11(4-6-12)15(17,18)19/h2,7-8,11-12,20H,3-6,9H2,1H3. The highest BCUT2D eigenvalue weighted by Crippen LogP contribution is 2.37. The lowest BCUT2D eigenvalue weighted by atomic mass is 9.85. The van der Waals surface area contributed by atoms with Crippen LogP contribution in [0.15, 0.2) is 22.7 Å². The summed E-state index contributed by atoms with van der Waals surface area (Å²) in [5, 5.41) is 3.35. The molecule has 0 radical (unpaired) electrons. The third kappa shape index (κ3) is 4.61. The molecular weight excluding hydrogens is 347 g/mol. The summed E-state index contributed by atoms with van der Waals surface area (Å²) >= 11 is 3.43. The van der Waals surface area contributed by atoms with Crippen LogP contribution in [0.3, 0.4) is 0 Å². The van der Waals surface area contributed by atoms with Gasteiger partial charge < -0.3 is 10.1 Å². The van der Waals surface area contributed by atoms with E-state index in [1.807, 2.05) is 18.2 Å². The number of halogens is 4. The second kappa shape index (κ2) is 7.01. The number of nitrogens with one attached hydrogen (secondary N) is 1. The van der Waals surface area contributed by atoms with E-state index in [9.17, 15) is 13.2 Å². The molecule has 1 fully saturated rings. The fourth-order valence-corrected chi connectivity index (χ4v) is 3.29. The van der Waals surface area contributed by atoms with E-state index in [0.29, 0.717) is 19.4 Å². The molecular formula is C15H19BrF3NO. The van der Waals surface area contributed by atoms with E-state index < -0.39 is 12.1 Å². The van der Waals surface area contributed by atoms with Gasteiger partial charge in [0, 0.05) is 12.6 Å². The van der Waals surface area contributed by atoms with Crippen LogP contribution in [0.25, 0.3) is 0 Å². The zero-order valence-electron chi connectivity index (χ0n) is 11.8. The molecule has 0 spiro atoms. The Morgan fingerprint density at radius 1 is 1.24 bits per heavy atom. The average molecular weight is 366 g/mol. The Labute approximate surface area is 131 Å². The molecule has 1 N–H and O–H groups in total. The first kappa shape index (κ1) is 16.6. The third-order valence-corrected chi connectivity index (χ3v) is 4.62. The minimum Gasteiger partial charge on any atom is -0.496 e. The van der Waals surface area contributed by atoms with Crippen LogP contribution in [0.4, 0.5) is 13.2 Å². The number of benzene rings is 1. The van der Waals surface area contributed by atoms with E-state index in [1.54, 1.807) is 7.11 Å². The predicted molar refractivity (Wildman–Crippen MR) is 79.3 cm³/mol. The SMILES string of the molecule is COc1ccc(CNC2CCC(C(F)(F)F)CC2)cc1Br. The third-order valence-electron chi connectivity index (χ3n) is 4.00. The van der Waals surface area contributed by atoms with Crippen molar-refractivity contribution in [3.05, 3.63) is 28.2 Å². The summed E-state index contributed by atoms with van der Waals surface area (Å²) < 4.78 is 43.8. The minimum atomic E-state index is -4.04. The van der Waals surface area contributed by atoms with Crippen molar-refractivity contribution < 1.29 is 17.9 Å². The van der Waals surface area contributed by atoms with E-state index in [2.05, 4.69) is 21.2 Å². The molecule has 118 valence electrons. The maximum atomic E-state index is 12.6. The van der Waals surface area contributed by atoms with Crippen molar-refractivity contribution in [2.24, 2.45) is 5.92 Å². The van der Waals surface area contributed by atoms with Gasteiger partial charge in [-0.15, -0.1) is 0 Å². The molecule has 0 atom stereocenters. The van der Waals surface area contributed by atoms with E-state index in [1.165, 1.54) is 0 Å². The van der Waals surface area contributed by atoms with Gasteiger partial charge >= 0.3 is 6.18 Å². The average Bonchev–Trinajstić information content (AvgIpc) is 2.45. The Bertz CT molecular complexity index is 470. The zero-order valence-corrected chi connectivity index (χ0v) is 13.4. The fourth-order valence-electron chi connectivity index (χ4n) is 2.71. The highest BCUT2D eigenvalue weighted by molar-refractivity contribution is 9.10. The van der Waals surface area contributed by atoms with Gasteiger partial charge in [-0.3, -0.25) is 0 Å². The molecule has 1 aromatic rings. The molecule has 1 aromatic carbocycles. The van der Waals surface area contributed by atoms with Gasteiger partial charge in [-0.05, 0) is 59.3 Å². The second-order valence-corrected chi connectivity index (χ2v) is 6.29. The summed E-state index contributed by atoms with van der Waals surface area (Å²) in [7, 11) is 1.61. The number of hydrogen-bond donors (Lipinski definition) is 1. The van der Waals surface area contributed by atoms with Crippen molar-refractivity contribution in [1.29, 1.82) is 0 Å². The van der Waals surface area contributed by atoms with E-state index in [-0.39, 0.29) is 18.9 Å². The lowest BCUT2D eigenvalue weighted by Crippen LogP contribution is -2.36. The van der Waals surface area contributed by atoms with E-state index >= 15 is 0 Å². The van der Waals surface area contributed by atoms with Gasteiger partial charge in [0.2, 0.25) is 0 Å². The normalized spacial score (nSPS) is 23.1. The lowest BCUT2D eigenvalue weighted by Gasteiger charge is -2.30. The first-order chi connectivity index (χ1) is 9.90. The molecule has 0 unspecified atom stereocenters. The molecule has 0 heterocycles. The van der Waals surface area contributed by atoms with Crippen molar-refractivity contribution in [3.63, 3.8) is 0 Å². The van der Waals surface area contributed by atoms with Crippen LogP contribution in [-0.2, 0) is 6.54 Å². The molecule has 0 aliphatic heterocycles. The largest absolute Gasteiger partial charge is 0.496 e. The highest BCUT2D eigenvalue weighted by atomic mass is 79.9. The van der Waals surface area contributed by atoms with Crippen molar-refractivity contribution in [2.75, 3.05) is 7.11 Å². The van der Waals surface area contributed by atoms with Crippen LogP contribution in [0.2, 0.25) is 0 Å². The summed E-state index contributed by atoms with van der Waals surface area (Å²) in [5.41, 5.74) is 1.08. The summed E-state index contributed by atoms with van der Waals surface area (Å²) in [6.07, 6.45) is -2.41. The lowest BCUT2D eigenvalue weighted by molar-refractivity contribution is -0.182. The van der Waals surface area contributed by atoms with Crippen LogP contribution < -0.4 is 10.1 Å². The monoisotopic (exact) mass is 365 g/mol. The first-order valence-corrected chi connectivity index (χ1v) is 7.82. The molecule has 1 aliphatic rings. The molecule has 0 aromatic heterocycles. The molecule has 1 aliphatic carbocycles. The van der Waals surface area contributed by atoms with Gasteiger partial charge in [0.15, 0.2) is 0 Å². The van der Waals surface area contributed by atoms with E-state index in [0.717, 1.165) is 15.8 Å². The predicted octanol–water partition coefficient (Wildman–Crippen LogP) is 4.67.